The summed E-state index contributed by atoms with van der Waals surface area (Å²) in [6, 6.07) is 1.12. The standard InChI is InChI=1S/C13H23N3S/c1-4-16-7-5-12(6-8-16)15-11(3)13-10(2)14-9-17-13/h9,11-12,15H,4-8H2,1-3H3. The molecule has 2 rings (SSSR count). The van der Waals surface area contributed by atoms with Crippen LogP contribution in [0, 0.1) is 6.92 Å². The third-order valence-corrected chi connectivity index (χ3v) is 4.81. The molecule has 1 atom stereocenters. The number of thiazole rings is 1. The predicted molar refractivity (Wildman–Crippen MR) is 73.5 cm³/mol. The fraction of sp³-hybridized carbons (Fsp3) is 0.769. The molecule has 1 fully saturated rings. The van der Waals surface area contributed by atoms with Gasteiger partial charge in [-0.1, -0.05) is 6.92 Å². The van der Waals surface area contributed by atoms with Crippen LogP contribution in [-0.2, 0) is 0 Å². The molecule has 1 unspecified atom stereocenters. The summed E-state index contributed by atoms with van der Waals surface area (Å²) in [5.41, 5.74) is 3.13. The molecule has 0 saturated carbocycles. The van der Waals surface area contributed by atoms with Gasteiger partial charge in [-0.3, -0.25) is 0 Å². The number of nitrogens with zero attached hydrogens (tertiary/aromatic N) is 2. The van der Waals surface area contributed by atoms with Crippen molar-refractivity contribution >= 4 is 11.3 Å². The van der Waals surface area contributed by atoms with Crippen molar-refractivity contribution in [3.05, 3.63) is 16.1 Å². The minimum Gasteiger partial charge on any atom is -0.307 e. The van der Waals surface area contributed by atoms with Gasteiger partial charge in [-0.25, -0.2) is 4.98 Å². The van der Waals surface area contributed by atoms with Crippen LogP contribution in [0.5, 0.6) is 0 Å². The van der Waals surface area contributed by atoms with Crippen LogP contribution in [0.1, 0.15) is 43.3 Å². The van der Waals surface area contributed by atoms with Gasteiger partial charge in [0.15, 0.2) is 0 Å². The van der Waals surface area contributed by atoms with Crippen molar-refractivity contribution in [3.8, 4) is 0 Å². The van der Waals surface area contributed by atoms with E-state index in [2.05, 4.69) is 36.0 Å². The third kappa shape index (κ3) is 3.27. The Morgan fingerprint density at radius 3 is 2.76 bits per heavy atom. The van der Waals surface area contributed by atoms with Gasteiger partial charge in [-0.05, 0) is 46.3 Å². The molecule has 1 aromatic heterocycles. The minimum atomic E-state index is 0.445. The van der Waals surface area contributed by atoms with Crippen molar-refractivity contribution in [2.24, 2.45) is 0 Å². The fourth-order valence-corrected chi connectivity index (χ4v) is 3.39. The van der Waals surface area contributed by atoms with E-state index in [0.29, 0.717) is 12.1 Å². The van der Waals surface area contributed by atoms with E-state index in [9.17, 15) is 0 Å². The number of piperidine rings is 1. The summed E-state index contributed by atoms with van der Waals surface area (Å²) >= 11 is 1.77. The molecule has 0 radical (unpaired) electrons. The molecule has 1 N–H and O–H groups in total. The number of aryl methyl sites for hydroxylation is 1. The molecule has 1 aliphatic heterocycles. The van der Waals surface area contributed by atoms with Crippen molar-refractivity contribution in [1.82, 2.24) is 15.2 Å². The van der Waals surface area contributed by atoms with Gasteiger partial charge in [0.25, 0.3) is 0 Å². The molecule has 4 heteroatoms. The zero-order chi connectivity index (χ0) is 12.3. The molecule has 17 heavy (non-hydrogen) atoms. The lowest BCUT2D eigenvalue weighted by molar-refractivity contribution is 0.200. The molecule has 0 spiro atoms. The Morgan fingerprint density at radius 1 is 1.53 bits per heavy atom. The zero-order valence-electron chi connectivity index (χ0n) is 11.1. The fourth-order valence-electron chi connectivity index (χ4n) is 2.57. The summed E-state index contributed by atoms with van der Waals surface area (Å²) in [5, 5.41) is 3.75. The number of aromatic nitrogens is 1. The van der Waals surface area contributed by atoms with Crippen molar-refractivity contribution in [3.63, 3.8) is 0 Å². The largest absolute Gasteiger partial charge is 0.307 e. The minimum absolute atomic E-state index is 0.445. The highest BCUT2D eigenvalue weighted by Crippen LogP contribution is 2.23. The molecule has 0 aromatic carbocycles. The third-order valence-electron chi connectivity index (χ3n) is 3.70. The summed E-state index contributed by atoms with van der Waals surface area (Å²) in [6.45, 7) is 10.3. The van der Waals surface area contributed by atoms with Crippen molar-refractivity contribution in [2.75, 3.05) is 19.6 Å². The topological polar surface area (TPSA) is 28.2 Å². The van der Waals surface area contributed by atoms with E-state index < -0.39 is 0 Å². The summed E-state index contributed by atoms with van der Waals surface area (Å²) in [6.07, 6.45) is 2.55. The maximum atomic E-state index is 4.33. The Bertz CT molecular complexity index is 342. The van der Waals surface area contributed by atoms with E-state index in [4.69, 9.17) is 0 Å². The Kier molecular flexibility index (Phi) is 4.54. The Morgan fingerprint density at radius 2 is 2.24 bits per heavy atom. The number of rotatable bonds is 4. The van der Waals surface area contributed by atoms with E-state index in [0.717, 1.165) is 0 Å². The first-order valence-electron chi connectivity index (χ1n) is 6.59. The predicted octanol–water partition coefficient (Wildman–Crippen LogP) is 2.59. The molecule has 0 bridgehead atoms. The monoisotopic (exact) mass is 253 g/mol. The number of nitrogens with one attached hydrogen (secondary N) is 1. The average molecular weight is 253 g/mol. The number of hydrogen-bond donors (Lipinski definition) is 1. The second-order valence-electron chi connectivity index (χ2n) is 4.90. The van der Waals surface area contributed by atoms with Crippen molar-refractivity contribution in [1.29, 1.82) is 0 Å². The summed E-state index contributed by atoms with van der Waals surface area (Å²) in [5.74, 6) is 0. The van der Waals surface area contributed by atoms with Crippen molar-refractivity contribution in [2.45, 2.75) is 45.7 Å². The lowest BCUT2D eigenvalue weighted by atomic mass is 10.0. The maximum Gasteiger partial charge on any atom is 0.0798 e. The first-order chi connectivity index (χ1) is 8.20. The highest BCUT2D eigenvalue weighted by atomic mass is 32.1. The molecule has 96 valence electrons. The molecule has 2 heterocycles. The van der Waals surface area contributed by atoms with Gasteiger partial charge in [0.1, 0.15) is 0 Å². The van der Waals surface area contributed by atoms with Gasteiger partial charge >= 0.3 is 0 Å². The van der Waals surface area contributed by atoms with E-state index in [-0.39, 0.29) is 0 Å². The van der Waals surface area contributed by atoms with Crippen LogP contribution in [-0.4, -0.2) is 35.6 Å². The van der Waals surface area contributed by atoms with Crippen LogP contribution in [0.25, 0.3) is 0 Å². The first-order valence-corrected chi connectivity index (χ1v) is 7.47. The van der Waals surface area contributed by atoms with Crippen LogP contribution in [0.4, 0.5) is 0 Å². The smallest absolute Gasteiger partial charge is 0.0798 e. The second kappa shape index (κ2) is 5.94. The summed E-state index contributed by atoms with van der Waals surface area (Å²) < 4.78 is 0. The maximum absolute atomic E-state index is 4.33. The van der Waals surface area contributed by atoms with Crippen LogP contribution >= 0.6 is 11.3 Å². The van der Waals surface area contributed by atoms with E-state index >= 15 is 0 Å². The second-order valence-corrected chi connectivity index (χ2v) is 5.79. The Labute approximate surface area is 108 Å². The molecule has 0 aliphatic carbocycles. The average Bonchev–Trinajstić information content (AvgIpc) is 2.76. The summed E-state index contributed by atoms with van der Waals surface area (Å²) in [4.78, 5) is 8.25. The molecule has 0 amide bonds. The molecule has 1 saturated heterocycles. The zero-order valence-corrected chi connectivity index (χ0v) is 11.9. The highest BCUT2D eigenvalue weighted by molar-refractivity contribution is 7.09. The lowest BCUT2D eigenvalue weighted by Gasteiger charge is -2.33. The number of hydrogen-bond acceptors (Lipinski definition) is 4. The van der Waals surface area contributed by atoms with Gasteiger partial charge < -0.3 is 10.2 Å². The molecule has 1 aliphatic rings. The normalized spacial score (nSPS) is 20.6. The number of likely N-dealkylation sites (tertiary alicyclic amines) is 1. The lowest BCUT2D eigenvalue weighted by Crippen LogP contribution is -2.43. The van der Waals surface area contributed by atoms with E-state index in [1.807, 2.05) is 5.51 Å². The molecule has 1 aromatic rings. The van der Waals surface area contributed by atoms with E-state index in [1.54, 1.807) is 11.3 Å². The summed E-state index contributed by atoms with van der Waals surface area (Å²) in [7, 11) is 0. The highest BCUT2D eigenvalue weighted by Gasteiger charge is 2.21. The molecule has 3 nitrogen and oxygen atoms in total. The van der Waals surface area contributed by atoms with Crippen molar-refractivity contribution < 1.29 is 0 Å². The van der Waals surface area contributed by atoms with Crippen LogP contribution in [0.2, 0.25) is 0 Å². The van der Waals surface area contributed by atoms with Gasteiger partial charge in [-0.2, -0.15) is 0 Å². The van der Waals surface area contributed by atoms with E-state index in [1.165, 1.54) is 43.0 Å². The van der Waals surface area contributed by atoms with Crippen LogP contribution in [0.15, 0.2) is 5.51 Å². The Hall–Kier alpha value is -0.450. The van der Waals surface area contributed by atoms with Crippen LogP contribution < -0.4 is 5.32 Å². The SMILES string of the molecule is CCN1CCC(NC(C)c2scnc2C)CC1. The molecular weight excluding hydrogens is 230 g/mol. The quantitative estimate of drug-likeness (QED) is 0.894. The van der Waals surface area contributed by atoms with Gasteiger partial charge in [0.05, 0.1) is 11.2 Å². The Balaban J connectivity index is 1.84. The molecular formula is C13H23N3S. The van der Waals surface area contributed by atoms with Gasteiger partial charge in [0, 0.05) is 17.0 Å². The van der Waals surface area contributed by atoms with Gasteiger partial charge in [-0.15, -0.1) is 11.3 Å². The first kappa shape index (κ1) is 13.0. The van der Waals surface area contributed by atoms with Gasteiger partial charge in [0.2, 0.25) is 0 Å². The van der Waals surface area contributed by atoms with Crippen LogP contribution in [0.3, 0.4) is 0 Å².